The Morgan fingerprint density at radius 3 is 2.67 bits per heavy atom. The first-order valence-electron chi connectivity index (χ1n) is 7.90. The molecule has 2 N–H and O–H groups in total. The van der Waals surface area contributed by atoms with Gasteiger partial charge in [0.05, 0.1) is 22.5 Å². The number of ether oxygens (including phenoxy) is 1. The first-order valence-corrected chi connectivity index (χ1v) is 8.27. The van der Waals surface area contributed by atoms with Gasteiger partial charge in [0.2, 0.25) is 0 Å². The van der Waals surface area contributed by atoms with Crippen molar-refractivity contribution in [2.75, 3.05) is 26.2 Å². The highest BCUT2D eigenvalue weighted by Gasteiger charge is 2.22. The largest absolute Gasteiger partial charge is 0.378 e. The highest BCUT2D eigenvalue weighted by molar-refractivity contribution is 6.31. The van der Waals surface area contributed by atoms with Gasteiger partial charge in [0, 0.05) is 33.3 Å². The Labute approximate surface area is 132 Å². The number of halogens is 1. The smallest absolute Gasteiger partial charge is 0.0863 e. The van der Waals surface area contributed by atoms with Gasteiger partial charge in [0.1, 0.15) is 0 Å². The Kier molecular flexibility index (Phi) is 6.48. The number of nitrogens with two attached hydrogens (primary N) is 1. The summed E-state index contributed by atoms with van der Waals surface area (Å²) >= 11 is 6.42. The summed E-state index contributed by atoms with van der Waals surface area (Å²) in [5.74, 6) is 0. The molecule has 0 unspecified atom stereocenters. The third-order valence-electron chi connectivity index (χ3n) is 4.11. The van der Waals surface area contributed by atoms with Gasteiger partial charge in [-0.1, -0.05) is 18.5 Å². The summed E-state index contributed by atoms with van der Waals surface area (Å²) in [6.45, 7) is 6.55. The molecule has 21 heavy (non-hydrogen) atoms. The number of piperidine rings is 1. The van der Waals surface area contributed by atoms with Gasteiger partial charge in [-0.05, 0) is 32.2 Å². The maximum Gasteiger partial charge on any atom is 0.0863 e. The lowest BCUT2D eigenvalue weighted by atomic mass is 10.1. The molecule has 2 heterocycles. The molecule has 6 heteroatoms. The predicted molar refractivity (Wildman–Crippen MR) is 85.5 cm³/mol. The number of likely N-dealkylation sites (tertiary alicyclic amines) is 1. The molecule has 0 radical (unpaired) electrons. The normalized spacial score (nSPS) is 17.5. The number of nitrogens with zero attached hydrogens (tertiary/aromatic N) is 3. The fourth-order valence-electron chi connectivity index (χ4n) is 2.77. The maximum atomic E-state index is 6.42. The molecule has 1 aromatic rings. The molecule has 1 aliphatic heterocycles. The molecule has 0 atom stereocenters. The molecule has 1 fully saturated rings. The van der Waals surface area contributed by atoms with Gasteiger partial charge >= 0.3 is 0 Å². The molecule has 0 bridgehead atoms. The quantitative estimate of drug-likeness (QED) is 0.782. The van der Waals surface area contributed by atoms with Crippen LogP contribution >= 0.6 is 11.6 Å². The van der Waals surface area contributed by atoms with Crippen molar-refractivity contribution in [3.05, 3.63) is 16.4 Å². The molecule has 1 aromatic heterocycles. The van der Waals surface area contributed by atoms with E-state index in [4.69, 9.17) is 22.1 Å². The standard InChI is InChI=1S/C15H27ClN4O/c1-3-13-15(16)14(19(2)18-13)11-20-8-5-12(6-9-20)21-10-4-7-17/h12H,3-11,17H2,1-2H3. The average Bonchev–Trinajstić information content (AvgIpc) is 2.76. The molecule has 0 amide bonds. The average molecular weight is 315 g/mol. The first-order chi connectivity index (χ1) is 10.2. The summed E-state index contributed by atoms with van der Waals surface area (Å²) in [7, 11) is 1.98. The van der Waals surface area contributed by atoms with Crippen LogP contribution in [0.15, 0.2) is 0 Å². The van der Waals surface area contributed by atoms with Gasteiger partial charge in [-0.3, -0.25) is 9.58 Å². The van der Waals surface area contributed by atoms with Crippen LogP contribution < -0.4 is 5.73 Å². The van der Waals surface area contributed by atoms with Crippen molar-refractivity contribution in [1.29, 1.82) is 0 Å². The molecule has 0 saturated carbocycles. The number of aromatic nitrogens is 2. The van der Waals surface area contributed by atoms with E-state index < -0.39 is 0 Å². The van der Waals surface area contributed by atoms with Crippen molar-refractivity contribution in [1.82, 2.24) is 14.7 Å². The lowest BCUT2D eigenvalue weighted by Gasteiger charge is -2.31. The Morgan fingerprint density at radius 1 is 1.38 bits per heavy atom. The molecule has 0 aliphatic carbocycles. The molecule has 0 spiro atoms. The lowest BCUT2D eigenvalue weighted by molar-refractivity contribution is 0.00522. The summed E-state index contributed by atoms with van der Waals surface area (Å²) in [5, 5.41) is 5.32. The van der Waals surface area contributed by atoms with Crippen LogP contribution in [0.25, 0.3) is 0 Å². The molecule has 2 rings (SSSR count). The van der Waals surface area contributed by atoms with Gasteiger partial charge < -0.3 is 10.5 Å². The van der Waals surface area contributed by atoms with E-state index in [1.807, 2.05) is 11.7 Å². The van der Waals surface area contributed by atoms with Crippen LogP contribution in [0.5, 0.6) is 0 Å². The van der Waals surface area contributed by atoms with Crippen LogP contribution in [0.4, 0.5) is 0 Å². The van der Waals surface area contributed by atoms with Crippen LogP contribution in [0.3, 0.4) is 0 Å². The number of hydrogen-bond acceptors (Lipinski definition) is 4. The summed E-state index contributed by atoms with van der Waals surface area (Å²) in [5.41, 5.74) is 7.60. The summed E-state index contributed by atoms with van der Waals surface area (Å²) < 4.78 is 7.76. The maximum absolute atomic E-state index is 6.42. The Hall–Kier alpha value is -0.620. The number of rotatable bonds is 7. The zero-order valence-corrected chi connectivity index (χ0v) is 13.9. The molecular weight excluding hydrogens is 288 g/mol. The van der Waals surface area contributed by atoms with Crippen LogP contribution in [0.2, 0.25) is 5.02 Å². The third-order valence-corrected chi connectivity index (χ3v) is 4.55. The van der Waals surface area contributed by atoms with Crippen molar-refractivity contribution in [3.8, 4) is 0 Å². The van der Waals surface area contributed by atoms with Crippen molar-refractivity contribution < 1.29 is 4.74 Å². The van der Waals surface area contributed by atoms with Gasteiger partial charge in [0.25, 0.3) is 0 Å². The van der Waals surface area contributed by atoms with Crippen LogP contribution in [-0.2, 0) is 24.8 Å². The molecule has 120 valence electrons. The van der Waals surface area contributed by atoms with Crippen molar-refractivity contribution >= 4 is 11.6 Å². The SMILES string of the molecule is CCc1nn(C)c(CN2CCC(OCCCN)CC2)c1Cl. The van der Waals surface area contributed by atoms with Crippen molar-refractivity contribution in [2.24, 2.45) is 12.8 Å². The van der Waals surface area contributed by atoms with E-state index in [1.165, 1.54) is 0 Å². The second-order valence-electron chi connectivity index (χ2n) is 5.67. The fourth-order valence-corrected chi connectivity index (χ4v) is 3.12. The second-order valence-corrected chi connectivity index (χ2v) is 6.05. The predicted octanol–water partition coefficient (Wildman–Crippen LogP) is 1.97. The van der Waals surface area contributed by atoms with Gasteiger partial charge in [-0.2, -0.15) is 5.10 Å². The van der Waals surface area contributed by atoms with Crippen molar-refractivity contribution in [2.45, 2.75) is 45.3 Å². The lowest BCUT2D eigenvalue weighted by Crippen LogP contribution is -2.37. The van der Waals surface area contributed by atoms with E-state index >= 15 is 0 Å². The highest BCUT2D eigenvalue weighted by atomic mass is 35.5. The zero-order valence-electron chi connectivity index (χ0n) is 13.1. The van der Waals surface area contributed by atoms with E-state index in [0.717, 1.165) is 68.3 Å². The van der Waals surface area contributed by atoms with Gasteiger partial charge in [-0.15, -0.1) is 0 Å². The minimum Gasteiger partial charge on any atom is -0.378 e. The fraction of sp³-hybridized carbons (Fsp3) is 0.800. The van der Waals surface area contributed by atoms with Crippen LogP contribution in [-0.4, -0.2) is 47.0 Å². The van der Waals surface area contributed by atoms with Crippen LogP contribution in [0, 0.1) is 0 Å². The van der Waals surface area contributed by atoms with E-state index in [9.17, 15) is 0 Å². The van der Waals surface area contributed by atoms with Crippen molar-refractivity contribution in [3.63, 3.8) is 0 Å². The number of aryl methyl sites for hydroxylation is 2. The highest BCUT2D eigenvalue weighted by Crippen LogP contribution is 2.24. The van der Waals surface area contributed by atoms with Crippen LogP contribution in [0.1, 0.15) is 37.6 Å². The number of hydrogen-bond donors (Lipinski definition) is 1. The summed E-state index contributed by atoms with van der Waals surface area (Å²) in [4.78, 5) is 2.44. The minimum atomic E-state index is 0.390. The Bertz CT molecular complexity index is 441. The van der Waals surface area contributed by atoms with E-state index in [-0.39, 0.29) is 0 Å². The third kappa shape index (κ3) is 4.42. The molecule has 1 aliphatic rings. The zero-order chi connectivity index (χ0) is 15.2. The molecule has 0 aromatic carbocycles. The van der Waals surface area contributed by atoms with E-state index in [0.29, 0.717) is 12.6 Å². The monoisotopic (exact) mass is 314 g/mol. The van der Waals surface area contributed by atoms with E-state index in [2.05, 4.69) is 16.9 Å². The Morgan fingerprint density at radius 2 is 2.10 bits per heavy atom. The first kappa shape index (κ1) is 16.7. The topological polar surface area (TPSA) is 56.3 Å². The molecule has 5 nitrogen and oxygen atoms in total. The van der Waals surface area contributed by atoms with Gasteiger partial charge in [-0.25, -0.2) is 0 Å². The molecule has 1 saturated heterocycles. The Balaban J connectivity index is 1.82. The second kappa shape index (κ2) is 8.13. The minimum absolute atomic E-state index is 0.390. The van der Waals surface area contributed by atoms with Gasteiger partial charge in [0.15, 0.2) is 0 Å². The summed E-state index contributed by atoms with van der Waals surface area (Å²) in [6, 6.07) is 0. The molecular formula is C15H27ClN4O. The van der Waals surface area contributed by atoms with E-state index in [1.54, 1.807) is 0 Å². The summed E-state index contributed by atoms with van der Waals surface area (Å²) in [6.07, 6.45) is 4.39.